The second-order valence-corrected chi connectivity index (χ2v) is 7.11. The molecule has 0 rings (SSSR count). The Morgan fingerprint density at radius 2 is 1.33 bits per heavy atom. The van der Waals surface area contributed by atoms with Gasteiger partial charge in [-0.3, -0.25) is 4.79 Å². The van der Waals surface area contributed by atoms with Crippen LogP contribution in [-0.2, 0) is 9.53 Å². The molecule has 1 N–H and O–H groups in total. The van der Waals surface area contributed by atoms with Crippen LogP contribution in [0.4, 0.5) is 26.3 Å². The lowest BCUT2D eigenvalue weighted by atomic mass is 9.83. The van der Waals surface area contributed by atoms with E-state index in [9.17, 15) is 31.1 Å². The molecule has 0 aromatic heterocycles. The van der Waals surface area contributed by atoms with Crippen LogP contribution in [0.5, 0.6) is 0 Å². The topological polar surface area (TPSA) is 46.5 Å². The third-order valence-electron chi connectivity index (χ3n) is 3.64. The lowest BCUT2D eigenvalue weighted by molar-refractivity contribution is -0.213. The molecule has 144 valence electrons. The van der Waals surface area contributed by atoms with Gasteiger partial charge < -0.3 is 9.84 Å². The molecule has 0 aromatic rings. The van der Waals surface area contributed by atoms with Crippen LogP contribution in [0.1, 0.15) is 47.5 Å². The number of aliphatic hydroxyl groups is 1. The summed E-state index contributed by atoms with van der Waals surface area (Å²) in [7, 11) is 0. The first-order valence-electron chi connectivity index (χ1n) is 7.49. The molecule has 0 radical (unpaired) electrons. The molecule has 4 unspecified atom stereocenters. The summed E-state index contributed by atoms with van der Waals surface area (Å²) in [6.45, 7) is 6.89. The Morgan fingerprint density at radius 3 is 1.67 bits per heavy atom. The van der Waals surface area contributed by atoms with Gasteiger partial charge in [-0.2, -0.15) is 26.3 Å². The first-order chi connectivity index (χ1) is 10.4. The highest BCUT2D eigenvalue weighted by Gasteiger charge is 2.48. The highest BCUT2D eigenvalue weighted by molar-refractivity contribution is 5.73. The van der Waals surface area contributed by atoms with Crippen LogP contribution < -0.4 is 0 Å². The number of alkyl halides is 6. The van der Waals surface area contributed by atoms with Gasteiger partial charge in [0.1, 0.15) is 11.7 Å². The minimum atomic E-state index is -4.86. The van der Waals surface area contributed by atoms with E-state index < -0.39 is 60.6 Å². The van der Waals surface area contributed by atoms with Gasteiger partial charge in [0.2, 0.25) is 0 Å². The molecular formula is C15H24F6O3. The van der Waals surface area contributed by atoms with Crippen molar-refractivity contribution >= 4 is 5.97 Å². The fraction of sp³-hybridized carbons (Fsp3) is 0.933. The Kier molecular flexibility index (Phi) is 7.60. The molecule has 0 heterocycles. The van der Waals surface area contributed by atoms with Crippen molar-refractivity contribution in [2.24, 2.45) is 17.8 Å². The van der Waals surface area contributed by atoms with Crippen LogP contribution >= 0.6 is 0 Å². The van der Waals surface area contributed by atoms with E-state index in [4.69, 9.17) is 9.84 Å². The summed E-state index contributed by atoms with van der Waals surface area (Å²) >= 11 is 0. The fourth-order valence-electron chi connectivity index (χ4n) is 2.06. The van der Waals surface area contributed by atoms with Gasteiger partial charge >= 0.3 is 18.3 Å². The number of hydrogen-bond donors (Lipinski definition) is 1. The van der Waals surface area contributed by atoms with E-state index in [1.54, 1.807) is 0 Å². The molecule has 0 aliphatic heterocycles. The molecule has 24 heavy (non-hydrogen) atoms. The Labute approximate surface area is 137 Å². The van der Waals surface area contributed by atoms with Gasteiger partial charge in [0.05, 0.1) is 0 Å². The molecule has 0 bridgehead atoms. The number of esters is 1. The van der Waals surface area contributed by atoms with Crippen LogP contribution in [0.2, 0.25) is 0 Å². The molecule has 0 amide bonds. The summed E-state index contributed by atoms with van der Waals surface area (Å²) in [6, 6.07) is 0. The molecule has 0 aliphatic rings. The lowest BCUT2D eigenvalue weighted by Gasteiger charge is -2.29. The molecule has 3 nitrogen and oxygen atoms in total. The van der Waals surface area contributed by atoms with Gasteiger partial charge in [0.25, 0.3) is 0 Å². The Bertz CT molecular complexity index is 411. The Balaban J connectivity index is 5.01. The first kappa shape index (κ1) is 23.0. The van der Waals surface area contributed by atoms with Crippen LogP contribution in [0.3, 0.4) is 0 Å². The summed E-state index contributed by atoms with van der Waals surface area (Å²) in [5.74, 6) is -5.61. The van der Waals surface area contributed by atoms with E-state index in [1.165, 1.54) is 34.6 Å². The summed E-state index contributed by atoms with van der Waals surface area (Å²) in [6.07, 6.45) is -13.7. The van der Waals surface area contributed by atoms with Crippen molar-refractivity contribution in [1.82, 2.24) is 0 Å². The van der Waals surface area contributed by atoms with Crippen molar-refractivity contribution in [2.45, 2.75) is 71.5 Å². The fourth-order valence-corrected chi connectivity index (χ4v) is 2.06. The molecule has 0 fully saturated rings. The van der Waals surface area contributed by atoms with Crippen molar-refractivity contribution in [2.75, 3.05) is 0 Å². The van der Waals surface area contributed by atoms with E-state index in [1.807, 2.05) is 0 Å². The standard InChI is InChI=1S/C15H24F6O3/c1-8(9(2)7-11(22)15(19,20)21)6-10(14(16,17)18)12(23)24-13(3,4)5/h8-11,22H,6-7H2,1-5H3. The molecule has 0 spiro atoms. The van der Waals surface area contributed by atoms with E-state index >= 15 is 0 Å². The van der Waals surface area contributed by atoms with Gasteiger partial charge in [-0.15, -0.1) is 0 Å². The third-order valence-corrected chi connectivity index (χ3v) is 3.64. The molecule has 4 atom stereocenters. The molecule has 0 aliphatic carbocycles. The van der Waals surface area contributed by atoms with Gasteiger partial charge in [0.15, 0.2) is 5.92 Å². The highest BCUT2D eigenvalue weighted by Crippen LogP contribution is 2.37. The van der Waals surface area contributed by atoms with Crippen molar-refractivity contribution in [3.05, 3.63) is 0 Å². The van der Waals surface area contributed by atoms with Gasteiger partial charge in [0, 0.05) is 0 Å². The zero-order valence-corrected chi connectivity index (χ0v) is 14.3. The van der Waals surface area contributed by atoms with Crippen LogP contribution in [-0.4, -0.2) is 35.1 Å². The zero-order valence-electron chi connectivity index (χ0n) is 14.3. The molecule has 0 saturated carbocycles. The average Bonchev–Trinajstić information content (AvgIpc) is 2.30. The summed E-state index contributed by atoms with van der Waals surface area (Å²) in [5, 5.41) is 9.02. The molecule has 0 saturated heterocycles. The monoisotopic (exact) mass is 366 g/mol. The first-order valence-corrected chi connectivity index (χ1v) is 7.49. The third kappa shape index (κ3) is 8.21. The zero-order chi connectivity index (χ0) is 19.5. The number of aliphatic hydroxyl groups excluding tert-OH is 1. The number of carbonyl (C=O) groups is 1. The van der Waals surface area contributed by atoms with Crippen LogP contribution in [0, 0.1) is 17.8 Å². The van der Waals surface area contributed by atoms with Crippen LogP contribution in [0.25, 0.3) is 0 Å². The predicted octanol–water partition coefficient (Wildman–Crippen LogP) is 4.48. The summed E-state index contributed by atoms with van der Waals surface area (Å²) < 4.78 is 81.0. The molecule has 0 aromatic carbocycles. The maximum Gasteiger partial charge on any atom is 0.414 e. The maximum atomic E-state index is 13.1. The van der Waals surface area contributed by atoms with Crippen molar-refractivity contribution in [3.63, 3.8) is 0 Å². The highest BCUT2D eigenvalue weighted by atomic mass is 19.4. The summed E-state index contributed by atoms with van der Waals surface area (Å²) in [5.41, 5.74) is -1.11. The van der Waals surface area contributed by atoms with Crippen molar-refractivity contribution < 1.29 is 41.0 Å². The van der Waals surface area contributed by atoms with Gasteiger partial charge in [-0.25, -0.2) is 0 Å². The normalized spacial score (nSPS) is 18.7. The number of rotatable bonds is 6. The predicted molar refractivity (Wildman–Crippen MR) is 75.0 cm³/mol. The van der Waals surface area contributed by atoms with E-state index in [-0.39, 0.29) is 0 Å². The Morgan fingerprint density at radius 1 is 0.917 bits per heavy atom. The van der Waals surface area contributed by atoms with Gasteiger partial charge in [-0.1, -0.05) is 13.8 Å². The number of carbonyl (C=O) groups excluding carboxylic acids is 1. The largest absolute Gasteiger partial charge is 0.459 e. The second-order valence-electron chi connectivity index (χ2n) is 7.11. The van der Waals surface area contributed by atoms with E-state index in [0.29, 0.717) is 0 Å². The maximum absolute atomic E-state index is 13.1. The average molecular weight is 366 g/mol. The van der Waals surface area contributed by atoms with Crippen molar-refractivity contribution in [1.29, 1.82) is 0 Å². The lowest BCUT2D eigenvalue weighted by Crippen LogP contribution is -2.38. The second kappa shape index (κ2) is 7.93. The molecular weight excluding hydrogens is 342 g/mol. The van der Waals surface area contributed by atoms with Gasteiger partial charge in [-0.05, 0) is 45.4 Å². The van der Waals surface area contributed by atoms with E-state index in [0.717, 1.165) is 0 Å². The van der Waals surface area contributed by atoms with Crippen molar-refractivity contribution in [3.8, 4) is 0 Å². The number of hydrogen-bond acceptors (Lipinski definition) is 3. The Hall–Kier alpha value is -0.990. The number of halogens is 6. The summed E-state index contributed by atoms with van der Waals surface area (Å²) in [4.78, 5) is 11.8. The molecule has 9 heteroatoms. The minimum Gasteiger partial charge on any atom is -0.459 e. The smallest absolute Gasteiger partial charge is 0.414 e. The van der Waals surface area contributed by atoms with E-state index in [2.05, 4.69) is 0 Å². The van der Waals surface area contributed by atoms with Crippen LogP contribution in [0.15, 0.2) is 0 Å². The minimum absolute atomic E-state index is 0.704. The number of ether oxygens (including phenoxy) is 1. The quantitative estimate of drug-likeness (QED) is 0.557. The SMILES string of the molecule is CC(CC(O)C(F)(F)F)C(C)CC(C(=O)OC(C)(C)C)C(F)(F)F.